The first-order chi connectivity index (χ1) is 13.8. The monoisotopic (exact) mass is 404 g/mol. The van der Waals surface area contributed by atoms with Crippen molar-refractivity contribution >= 4 is 5.97 Å². The Morgan fingerprint density at radius 1 is 0.931 bits per heavy atom. The molecular weight excluding hydrogens is 360 g/mol. The summed E-state index contributed by atoms with van der Waals surface area (Å²) < 4.78 is 5.38. The molecule has 0 fully saturated rings. The minimum Gasteiger partial charge on any atom is -0.507 e. The second-order valence-electron chi connectivity index (χ2n) is 9.45. The average Bonchev–Trinajstić information content (AvgIpc) is 2.66. The topological polar surface area (TPSA) is 46.5 Å². The number of benzene rings is 1. The van der Waals surface area contributed by atoms with Crippen LogP contribution in [-0.4, -0.2) is 17.7 Å². The number of carbonyl (C=O) groups excluding carboxylic acids is 1. The number of carbonyl (C=O) groups is 1. The van der Waals surface area contributed by atoms with Gasteiger partial charge in [0.2, 0.25) is 0 Å². The molecule has 0 atom stereocenters. The first kappa shape index (κ1) is 25.5. The van der Waals surface area contributed by atoms with E-state index in [-0.39, 0.29) is 11.4 Å². The van der Waals surface area contributed by atoms with Crippen molar-refractivity contribution in [2.24, 2.45) is 0 Å². The van der Waals surface area contributed by atoms with Crippen molar-refractivity contribution < 1.29 is 14.6 Å². The maximum Gasteiger partial charge on any atom is 0.306 e. The normalized spacial score (nSPS) is 11.6. The molecule has 166 valence electrons. The molecule has 0 unspecified atom stereocenters. The summed E-state index contributed by atoms with van der Waals surface area (Å²) in [7, 11) is 0. The third-order valence-corrected chi connectivity index (χ3v) is 5.60. The van der Waals surface area contributed by atoms with Crippen LogP contribution in [0.2, 0.25) is 0 Å². The van der Waals surface area contributed by atoms with Crippen LogP contribution in [0.15, 0.2) is 12.1 Å². The van der Waals surface area contributed by atoms with Crippen LogP contribution >= 0.6 is 0 Å². The highest BCUT2D eigenvalue weighted by Crippen LogP contribution is 2.31. The summed E-state index contributed by atoms with van der Waals surface area (Å²) in [6.07, 6.45) is 13.6. The lowest BCUT2D eigenvalue weighted by Gasteiger charge is -2.21. The molecule has 0 aliphatic heterocycles. The molecule has 0 aromatic heterocycles. The van der Waals surface area contributed by atoms with E-state index in [1.807, 2.05) is 19.1 Å². The van der Waals surface area contributed by atoms with Gasteiger partial charge in [0.15, 0.2) is 0 Å². The molecular formula is C26H44O3. The summed E-state index contributed by atoms with van der Waals surface area (Å²) in [6, 6.07) is 4.06. The third kappa shape index (κ3) is 10.7. The lowest BCUT2D eigenvalue weighted by Crippen LogP contribution is -2.12. The maximum absolute atomic E-state index is 12.1. The van der Waals surface area contributed by atoms with Gasteiger partial charge in [0.25, 0.3) is 0 Å². The van der Waals surface area contributed by atoms with Gasteiger partial charge in [-0.25, -0.2) is 0 Å². The summed E-state index contributed by atoms with van der Waals surface area (Å²) in [5, 5.41) is 10.3. The van der Waals surface area contributed by atoms with Crippen molar-refractivity contribution in [3.05, 3.63) is 28.8 Å². The predicted octanol–water partition coefficient (Wildman–Crippen LogP) is 7.39. The van der Waals surface area contributed by atoms with E-state index in [1.165, 1.54) is 56.9 Å². The summed E-state index contributed by atoms with van der Waals surface area (Å²) in [5.74, 6) is 0.139. The second kappa shape index (κ2) is 13.7. The van der Waals surface area contributed by atoms with Crippen LogP contribution in [0.5, 0.6) is 5.75 Å². The fraction of sp³-hybridized carbons (Fsp3) is 0.731. The van der Waals surface area contributed by atoms with Gasteiger partial charge in [-0.05, 0) is 41.9 Å². The van der Waals surface area contributed by atoms with Gasteiger partial charge in [-0.2, -0.15) is 0 Å². The molecule has 0 bridgehead atoms. The van der Waals surface area contributed by atoms with E-state index in [1.54, 1.807) is 0 Å². The first-order valence-corrected chi connectivity index (χ1v) is 11.7. The molecule has 0 heterocycles. The molecule has 29 heavy (non-hydrogen) atoms. The first-order valence-electron chi connectivity index (χ1n) is 11.7. The number of hydrogen-bond acceptors (Lipinski definition) is 3. The standard InChI is InChI=1S/C26H44O3/c1-6-7-8-9-10-11-12-13-14-15-18-29-24(27)17-16-22-20-23(26(3,4)5)19-21(2)25(22)28/h19-20,28H,6-18H2,1-5H3. The molecule has 0 amide bonds. The highest BCUT2D eigenvalue weighted by atomic mass is 16.5. The van der Waals surface area contributed by atoms with E-state index in [2.05, 4.69) is 27.7 Å². The number of ether oxygens (including phenoxy) is 1. The number of aromatic hydroxyl groups is 1. The molecule has 0 saturated carbocycles. The Morgan fingerprint density at radius 3 is 2.03 bits per heavy atom. The zero-order valence-electron chi connectivity index (χ0n) is 19.6. The Bertz CT molecular complexity index is 599. The van der Waals surface area contributed by atoms with E-state index in [0.717, 1.165) is 24.0 Å². The van der Waals surface area contributed by atoms with Gasteiger partial charge in [0.1, 0.15) is 5.75 Å². The number of aryl methyl sites for hydroxylation is 2. The molecule has 0 spiro atoms. The van der Waals surface area contributed by atoms with Crippen LogP contribution in [0.1, 0.15) is 115 Å². The van der Waals surface area contributed by atoms with Gasteiger partial charge >= 0.3 is 5.97 Å². The Hall–Kier alpha value is -1.51. The van der Waals surface area contributed by atoms with E-state index < -0.39 is 0 Å². The molecule has 0 aliphatic rings. The van der Waals surface area contributed by atoms with Crippen LogP contribution in [-0.2, 0) is 21.4 Å². The lowest BCUT2D eigenvalue weighted by atomic mass is 9.84. The van der Waals surface area contributed by atoms with Gasteiger partial charge in [0.05, 0.1) is 6.61 Å². The molecule has 3 heteroatoms. The zero-order chi connectivity index (χ0) is 21.7. The van der Waals surface area contributed by atoms with Crippen LogP contribution in [0.4, 0.5) is 0 Å². The van der Waals surface area contributed by atoms with E-state index in [0.29, 0.717) is 25.2 Å². The molecule has 0 radical (unpaired) electrons. The quantitative estimate of drug-likeness (QED) is 0.260. The zero-order valence-corrected chi connectivity index (χ0v) is 19.6. The molecule has 1 aromatic rings. The van der Waals surface area contributed by atoms with Crippen molar-refractivity contribution in [3.63, 3.8) is 0 Å². The number of hydrogen-bond donors (Lipinski definition) is 1. The van der Waals surface area contributed by atoms with Crippen molar-refractivity contribution in [2.75, 3.05) is 6.61 Å². The van der Waals surface area contributed by atoms with Gasteiger partial charge < -0.3 is 9.84 Å². The summed E-state index contributed by atoms with van der Waals surface area (Å²) in [6.45, 7) is 11.2. The van der Waals surface area contributed by atoms with Crippen LogP contribution in [0, 0.1) is 6.92 Å². The third-order valence-electron chi connectivity index (χ3n) is 5.60. The van der Waals surface area contributed by atoms with Gasteiger partial charge in [-0.15, -0.1) is 0 Å². The average molecular weight is 405 g/mol. The summed E-state index contributed by atoms with van der Waals surface area (Å²) in [4.78, 5) is 12.1. The van der Waals surface area contributed by atoms with Crippen molar-refractivity contribution in [1.82, 2.24) is 0 Å². The van der Waals surface area contributed by atoms with Crippen molar-refractivity contribution in [2.45, 2.75) is 117 Å². The molecule has 0 saturated heterocycles. The molecule has 3 nitrogen and oxygen atoms in total. The van der Waals surface area contributed by atoms with E-state index in [4.69, 9.17) is 4.74 Å². The van der Waals surface area contributed by atoms with Gasteiger partial charge in [-0.3, -0.25) is 4.79 Å². The number of rotatable bonds is 14. The van der Waals surface area contributed by atoms with Gasteiger partial charge in [-0.1, -0.05) is 97.6 Å². The molecule has 0 aliphatic carbocycles. The van der Waals surface area contributed by atoms with E-state index in [9.17, 15) is 9.90 Å². The Balaban J connectivity index is 2.19. The Labute approximate surface area is 179 Å². The highest BCUT2D eigenvalue weighted by molar-refractivity contribution is 5.70. The SMILES string of the molecule is CCCCCCCCCCCCOC(=O)CCc1cc(C(C)(C)C)cc(C)c1O. The Morgan fingerprint density at radius 2 is 1.48 bits per heavy atom. The summed E-state index contributed by atoms with van der Waals surface area (Å²) in [5.41, 5.74) is 2.90. The second-order valence-corrected chi connectivity index (χ2v) is 9.45. The highest BCUT2D eigenvalue weighted by Gasteiger charge is 2.18. The molecule has 1 rings (SSSR count). The molecule has 1 N–H and O–H groups in total. The smallest absolute Gasteiger partial charge is 0.306 e. The summed E-state index contributed by atoms with van der Waals surface area (Å²) >= 11 is 0. The number of esters is 1. The van der Waals surface area contributed by atoms with Crippen LogP contribution in [0.3, 0.4) is 0 Å². The maximum atomic E-state index is 12.1. The minimum atomic E-state index is -0.167. The number of phenols is 1. The van der Waals surface area contributed by atoms with Crippen LogP contribution < -0.4 is 0 Å². The number of unbranched alkanes of at least 4 members (excludes halogenated alkanes) is 9. The van der Waals surface area contributed by atoms with Crippen LogP contribution in [0.25, 0.3) is 0 Å². The van der Waals surface area contributed by atoms with Gasteiger partial charge in [0, 0.05) is 6.42 Å². The lowest BCUT2D eigenvalue weighted by molar-refractivity contribution is -0.143. The largest absolute Gasteiger partial charge is 0.507 e. The predicted molar refractivity (Wildman–Crippen MR) is 123 cm³/mol. The van der Waals surface area contributed by atoms with E-state index >= 15 is 0 Å². The fourth-order valence-electron chi connectivity index (χ4n) is 3.56. The fourth-order valence-corrected chi connectivity index (χ4v) is 3.56. The Kier molecular flexibility index (Phi) is 12.0. The van der Waals surface area contributed by atoms with Crippen molar-refractivity contribution in [3.8, 4) is 5.75 Å². The molecule has 1 aromatic carbocycles. The minimum absolute atomic E-state index is 0.0171. The number of phenolic OH excluding ortho intramolecular Hbond substituents is 1. The van der Waals surface area contributed by atoms with Crippen molar-refractivity contribution in [1.29, 1.82) is 0 Å².